The van der Waals surface area contributed by atoms with Crippen molar-refractivity contribution in [2.75, 3.05) is 11.5 Å². The van der Waals surface area contributed by atoms with E-state index in [9.17, 15) is 0 Å². The van der Waals surface area contributed by atoms with Crippen LogP contribution in [0.15, 0.2) is 18.5 Å². The number of hydrogen-bond donors (Lipinski definition) is 2. The molecule has 0 saturated carbocycles. The first kappa shape index (κ1) is 16.4. The van der Waals surface area contributed by atoms with Gasteiger partial charge in [0.15, 0.2) is 5.82 Å². The second kappa shape index (κ2) is 6.44. The number of pyridine rings is 1. The molecule has 84 valence electrons. The van der Waals surface area contributed by atoms with Gasteiger partial charge in [0.2, 0.25) is 0 Å². The molecule has 8 heteroatoms. The highest BCUT2D eigenvalue weighted by atomic mass is 35.5. The van der Waals surface area contributed by atoms with Gasteiger partial charge in [0.1, 0.15) is 11.3 Å². The predicted octanol–water partition coefficient (Wildman–Crippen LogP) is 1.45. The number of nitrogens with two attached hydrogens (primary N) is 2. The molecule has 0 aliphatic carbocycles. The normalized spacial score (nSPS) is 8.27. The number of aromatic nitrogens is 3. The lowest BCUT2D eigenvalue weighted by Gasteiger charge is -1.98. The summed E-state index contributed by atoms with van der Waals surface area (Å²) in [7, 11) is 0. The molecule has 2 aromatic rings. The van der Waals surface area contributed by atoms with E-state index < -0.39 is 0 Å². The van der Waals surface area contributed by atoms with E-state index in [4.69, 9.17) is 11.5 Å². The van der Waals surface area contributed by atoms with E-state index in [-0.39, 0.29) is 37.2 Å². The van der Waals surface area contributed by atoms with Gasteiger partial charge in [-0.25, -0.2) is 15.0 Å². The van der Waals surface area contributed by atoms with Crippen LogP contribution in [0.3, 0.4) is 0 Å². The Bertz CT molecular complexity index is 436. The maximum absolute atomic E-state index is 5.55. The molecule has 0 fully saturated rings. The summed E-state index contributed by atoms with van der Waals surface area (Å²) < 4.78 is 0. The molecule has 0 unspecified atom stereocenters. The molecule has 0 atom stereocenters. The number of hydrogen-bond acceptors (Lipinski definition) is 5. The van der Waals surface area contributed by atoms with Gasteiger partial charge < -0.3 is 11.5 Å². The van der Waals surface area contributed by atoms with E-state index in [1.54, 1.807) is 12.3 Å². The maximum atomic E-state index is 5.55. The summed E-state index contributed by atoms with van der Waals surface area (Å²) in [6.07, 6.45) is 3.03. The Balaban J connectivity index is 0. The molecule has 15 heavy (non-hydrogen) atoms. The van der Waals surface area contributed by atoms with Crippen LogP contribution in [0.5, 0.6) is 0 Å². The monoisotopic (exact) mass is 269 g/mol. The van der Waals surface area contributed by atoms with E-state index in [0.717, 1.165) is 0 Å². The average Bonchev–Trinajstić information content (AvgIpc) is 2.04. The summed E-state index contributed by atoms with van der Waals surface area (Å²) in [4.78, 5) is 11.9. The topological polar surface area (TPSA) is 90.7 Å². The number of halogens is 3. The largest absolute Gasteiger partial charge is 0.382 e. The van der Waals surface area contributed by atoms with Crippen LogP contribution in [0.4, 0.5) is 11.6 Å². The molecule has 0 saturated heterocycles. The van der Waals surface area contributed by atoms with Crippen molar-refractivity contribution in [2.45, 2.75) is 0 Å². The fraction of sp³-hybridized carbons (Fsp3) is 0. The molecule has 0 spiro atoms. The third kappa shape index (κ3) is 3.23. The van der Waals surface area contributed by atoms with Crippen LogP contribution in [0, 0.1) is 0 Å². The third-order valence-corrected chi connectivity index (χ3v) is 1.51. The smallest absolute Gasteiger partial charge is 0.151 e. The number of rotatable bonds is 0. The minimum absolute atomic E-state index is 0. The van der Waals surface area contributed by atoms with Gasteiger partial charge in [-0.2, -0.15) is 0 Å². The van der Waals surface area contributed by atoms with Gasteiger partial charge in [-0.15, -0.1) is 37.2 Å². The number of anilines is 2. The first-order chi connectivity index (χ1) is 5.77. The van der Waals surface area contributed by atoms with E-state index in [2.05, 4.69) is 15.0 Å². The van der Waals surface area contributed by atoms with Crippen molar-refractivity contribution in [3.63, 3.8) is 0 Å². The zero-order chi connectivity index (χ0) is 8.55. The first-order valence-electron chi connectivity index (χ1n) is 3.40. The van der Waals surface area contributed by atoms with Gasteiger partial charge in [-0.1, -0.05) is 0 Å². The van der Waals surface area contributed by atoms with Gasteiger partial charge in [0.25, 0.3) is 0 Å². The number of nitrogen functional groups attached to an aromatic ring is 2. The molecular weight excluding hydrogens is 260 g/mol. The average molecular weight is 271 g/mol. The van der Waals surface area contributed by atoms with Crippen LogP contribution in [-0.2, 0) is 0 Å². The molecule has 0 aliphatic heterocycles. The summed E-state index contributed by atoms with van der Waals surface area (Å²) in [6, 6.07) is 1.72. The first-order valence-corrected chi connectivity index (χ1v) is 3.40. The second-order valence-corrected chi connectivity index (χ2v) is 2.36. The van der Waals surface area contributed by atoms with Crippen LogP contribution < -0.4 is 11.5 Å². The molecule has 4 N–H and O–H groups in total. The lowest BCUT2D eigenvalue weighted by Crippen LogP contribution is -1.97. The van der Waals surface area contributed by atoms with Gasteiger partial charge in [0, 0.05) is 6.20 Å². The van der Waals surface area contributed by atoms with E-state index in [1.165, 1.54) is 6.20 Å². The van der Waals surface area contributed by atoms with Crippen LogP contribution in [0.1, 0.15) is 0 Å². The Morgan fingerprint density at radius 2 is 1.67 bits per heavy atom. The molecule has 0 aromatic carbocycles. The number of nitrogens with zero attached hydrogens (tertiary/aromatic N) is 3. The molecule has 2 aromatic heterocycles. The van der Waals surface area contributed by atoms with E-state index in [1.807, 2.05) is 0 Å². The summed E-state index contributed by atoms with van der Waals surface area (Å²) in [5.74, 6) is 0.758. The third-order valence-electron chi connectivity index (χ3n) is 1.51. The van der Waals surface area contributed by atoms with Crippen molar-refractivity contribution in [1.29, 1.82) is 0 Å². The Kier molecular flexibility index (Phi) is 7.04. The molecule has 2 rings (SSSR count). The molecule has 5 nitrogen and oxygen atoms in total. The zero-order valence-electron chi connectivity index (χ0n) is 7.45. The summed E-state index contributed by atoms with van der Waals surface area (Å²) in [5, 5.41) is 0. The van der Waals surface area contributed by atoms with E-state index >= 15 is 0 Å². The SMILES string of the molecule is Cl.Cl.Cl.Nc1cnc2c(N)nccc2n1. The van der Waals surface area contributed by atoms with Crippen LogP contribution in [0.2, 0.25) is 0 Å². The fourth-order valence-electron chi connectivity index (χ4n) is 0.981. The van der Waals surface area contributed by atoms with Gasteiger partial charge in [-0.05, 0) is 6.07 Å². The highest BCUT2D eigenvalue weighted by Gasteiger charge is 2.00. The number of fused-ring (bicyclic) bond motifs is 1. The van der Waals surface area contributed by atoms with Crippen molar-refractivity contribution >= 4 is 59.9 Å². The highest BCUT2D eigenvalue weighted by Crippen LogP contribution is 2.13. The zero-order valence-corrected chi connectivity index (χ0v) is 9.90. The van der Waals surface area contributed by atoms with Crippen molar-refractivity contribution in [3.8, 4) is 0 Å². The van der Waals surface area contributed by atoms with Crippen LogP contribution in [0.25, 0.3) is 11.0 Å². The van der Waals surface area contributed by atoms with Crippen LogP contribution >= 0.6 is 37.2 Å². The van der Waals surface area contributed by atoms with Gasteiger partial charge in [0.05, 0.1) is 11.7 Å². The Morgan fingerprint density at radius 3 is 2.33 bits per heavy atom. The highest BCUT2D eigenvalue weighted by molar-refractivity contribution is 5.86. The van der Waals surface area contributed by atoms with Crippen molar-refractivity contribution in [1.82, 2.24) is 15.0 Å². The van der Waals surface area contributed by atoms with Crippen molar-refractivity contribution < 1.29 is 0 Å². The minimum Gasteiger partial charge on any atom is -0.382 e. The molecule has 2 heterocycles. The molecular formula is C7H10Cl3N5. The quantitative estimate of drug-likeness (QED) is 0.756. The van der Waals surface area contributed by atoms with Crippen LogP contribution in [-0.4, -0.2) is 15.0 Å². The molecule has 0 aliphatic rings. The van der Waals surface area contributed by atoms with E-state index in [0.29, 0.717) is 22.7 Å². The molecule has 0 bridgehead atoms. The maximum Gasteiger partial charge on any atom is 0.151 e. The fourth-order valence-corrected chi connectivity index (χ4v) is 0.981. The molecule has 0 amide bonds. The predicted molar refractivity (Wildman–Crippen MR) is 67.9 cm³/mol. The van der Waals surface area contributed by atoms with Gasteiger partial charge >= 0.3 is 0 Å². The second-order valence-electron chi connectivity index (χ2n) is 2.36. The van der Waals surface area contributed by atoms with Gasteiger partial charge in [-0.3, -0.25) is 0 Å². The summed E-state index contributed by atoms with van der Waals surface area (Å²) in [5.41, 5.74) is 12.2. The summed E-state index contributed by atoms with van der Waals surface area (Å²) >= 11 is 0. The Morgan fingerprint density at radius 1 is 1.00 bits per heavy atom. The molecule has 0 radical (unpaired) electrons. The summed E-state index contributed by atoms with van der Waals surface area (Å²) in [6.45, 7) is 0. The lowest BCUT2D eigenvalue weighted by atomic mass is 10.3. The standard InChI is InChI=1S/C7H7N5.3ClH/c8-5-3-11-6-4(12-5)1-2-10-7(6)9;;;/h1-3H,(H2,8,12)(H2,9,10);3*1H. The van der Waals surface area contributed by atoms with Crippen molar-refractivity contribution in [3.05, 3.63) is 18.5 Å². The Labute approximate surface area is 105 Å². The lowest BCUT2D eigenvalue weighted by molar-refractivity contribution is 1.26. The minimum atomic E-state index is 0. The Hall–Kier alpha value is -1.04. The van der Waals surface area contributed by atoms with Crippen molar-refractivity contribution in [2.24, 2.45) is 0 Å².